The van der Waals surface area contributed by atoms with E-state index in [2.05, 4.69) is 31.2 Å². The Kier molecular flexibility index (Phi) is 6.27. The van der Waals surface area contributed by atoms with Gasteiger partial charge in [0.1, 0.15) is 0 Å². The van der Waals surface area contributed by atoms with Gasteiger partial charge in [-0.1, -0.05) is 31.2 Å². The van der Waals surface area contributed by atoms with Gasteiger partial charge in [-0.15, -0.1) is 0 Å². The Morgan fingerprint density at radius 1 is 1.07 bits per heavy atom. The second-order valence-corrected chi connectivity index (χ2v) is 8.83. The van der Waals surface area contributed by atoms with Crippen LogP contribution in [0.15, 0.2) is 24.3 Å². The molecule has 1 saturated carbocycles. The number of hydrogen-bond donors (Lipinski definition) is 1. The number of aryl methyl sites for hydroxylation is 1. The summed E-state index contributed by atoms with van der Waals surface area (Å²) >= 11 is 0. The molecule has 1 aliphatic heterocycles. The van der Waals surface area contributed by atoms with E-state index in [9.17, 15) is 9.90 Å². The number of benzene rings is 1. The highest BCUT2D eigenvalue weighted by molar-refractivity contribution is 5.85. The third-order valence-corrected chi connectivity index (χ3v) is 6.53. The number of nitrogens with zero attached hydrogens (tertiary/aromatic N) is 1. The lowest BCUT2D eigenvalue weighted by Gasteiger charge is -2.41. The maximum Gasteiger partial charge on any atom is 0.228 e. The summed E-state index contributed by atoms with van der Waals surface area (Å²) in [6, 6.07) is 8.74. The van der Waals surface area contributed by atoms with Crippen LogP contribution in [0.3, 0.4) is 0 Å². The normalized spacial score (nSPS) is 28.5. The largest absolute Gasteiger partial charge is 0.387 e. The third kappa shape index (κ3) is 4.72. The Bertz CT molecular complexity index is 630. The molecule has 3 rings (SSSR count). The molecular formula is C23H35NO3. The van der Waals surface area contributed by atoms with E-state index in [1.165, 1.54) is 11.1 Å². The average molecular weight is 374 g/mol. The van der Waals surface area contributed by atoms with Crippen LogP contribution in [0.1, 0.15) is 64.0 Å². The van der Waals surface area contributed by atoms with Crippen LogP contribution >= 0.6 is 0 Å². The van der Waals surface area contributed by atoms with E-state index >= 15 is 0 Å². The summed E-state index contributed by atoms with van der Waals surface area (Å²) in [7, 11) is 0. The molecule has 1 saturated heterocycles. The number of likely N-dealkylation sites (tertiary alicyclic amines) is 1. The van der Waals surface area contributed by atoms with Crippen LogP contribution in [0.25, 0.3) is 0 Å². The Balaban J connectivity index is 1.52. The number of rotatable bonds is 7. The zero-order valence-corrected chi connectivity index (χ0v) is 17.2. The van der Waals surface area contributed by atoms with Crippen LogP contribution in [-0.2, 0) is 22.4 Å². The smallest absolute Gasteiger partial charge is 0.228 e. The molecule has 27 heavy (non-hydrogen) atoms. The van der Waals surface area contributed by atoms with Crippen LogP contribution < -0.4 is 0 Å². The minimum absolute atomic E-state index is 0.125. The number of hydrogen-bond acceptors (Lipinski definition) is 3. The van der Waals surface area contributed by atoms with Crippen molar-refractivity contribution in [3.05, 3.63) is 35.4 Å². The molecule has 1 aromatic rings. The van der Waals surface area contributed by atoms with Crippen molar-refractivity contribution >= 4 is 5.91 Å². The quantitative estimate of drug-likeness (QED) is 0.792. The summed E-state index contributed by atoms with van der Waals surface area (Å²) in [6.45, 7) is 8.17. The minimum atomic E-state index is -0.760. The van der Waals surface area contributed by atoms with Gasteiger partial charge >= 0.3 is 0 Å². The molecule has 1 amide bonds. The molecule has 4 heteroatoms. The van der Waals surface area contributed by atoms with Crippen molar-refractivity contribution in [3.63, 3.8) is 0 Å². The monoisotopic (exact) mass is 373 g/mol. The lowest BCUT2D eigenvalue weighted by molar-refractivity contribution is -0.144. The Morgan fingerprint density at radius 3 is 2.30 bits per heavy atom. The fraction of sp³-hybridized carbons (Fsp3) is 0.696. The summed E-state index contributed by atoms with van der Waals surface area (Å²) < 4.78 is 5.64. The highest BCUT2D eigenvalue weighted by atomic mass is 16.5. The topological polar surface area (TPSA) is 49.8 Å². The van der Waals surface area contributed by atoms with Gasteiger partial charge in [-0.25, -0.2) is 0 Å². The summed E-state index contributed by atoms with van der Waals surface area (Å²) in [5.41, 5.74) is 1.65. The van der Waals surface area contributed by atoms with Crippen molar-refractivity contribution < 1.29 is 14.6 Å². The number of ether oxygens (including phenoxy) is 1. The minimum Gasteiger partial charge on any atom is -0.387 e. The van der Waals surface area contributed by atoms with Crippen LogP contribution in [0, 0.1) is 5.41 Å². The van der Waals surface area contributed by atoms with Gasteiger partial charge in [0.2, 0.25) is 5.91 Å². The molecule has 0 aromatic heterocycles. The maximum atomic E-state index is 13.1. The van der Waals surface area contributed by atoms with Crippen molar-refractivity contribution in [1.29, 1.82) is 0 Å². The van der Waals surface area contributed by atoms with Gasteiger partial charge in [-0.05, 0) is 69.9 Å². The third-order valence-electron chi connectivity index (χ3n) is 6.53. The van der Waals surface area contributed by atoms with Gasteiger partial charge in [-0.2, -0.15) is 0 Å². The van der Waals surface area contributed by atoms with Gasteiger partial charge in [0.05, 0.1) is 23.7 Å². The fourth-order valence-electron chi connectivity index (χ4n) is 4.44. The van der Waals surface area contributed by atoms with Crippen LogP contribution in [-0.4, -0.2) is 47.3 Å². The number of aliphatic hydroxyl groups is 1. The van der Waals surface area contributed by atoms with Crippen LogP contribution in [0.5, 0.6) is 0 Å². The van der Waals surface area contributed by atoms with Gasteiger partial charge in [0.15, 0.2) is 0 Å². The molecule has 150 valence electrons. The lowest BCUT2D eigenvalue weighted by atomic mass is 9.68. The van der Waals surface area contributed by atoms with Crippen molar-refractivity contribution in [1.82, 2.24) is 4.90 Å². The van der Waals surface area contributed by atoms with Gasteiger partial charge in [0.25, 0.3) is 0 Å². The van der Waals surface area contributed by atoms with E-state index in [0.29, 0.717) is 25.4 Å². The van der Waals surface area contributed by atoms with Gasteiger partial charge in [0, 0.05) is 13.1 Å². The van der Waals surface area contributed by atoms with Crippen molar-refractivity contribution in [3.8, 4) is 0 Å². The summed E-state index contributed by atoms with van der Waals surface area (Å²) in [5.74, 6) is 0.305. The van der Waals surface area contributed by atoms with Crippen LogP contribution in [0.2, 0.25) is 0 Å². The Hall–Kier alpha value is -1.39. The second kappa shape index (κ2) is 8.32. The number of carbonyl (C=O) groups is 1. The van der Waals surface area contributed by atoms with Gasteiger partial charge < -0.3 is 14.7 Å². The van der Waals surface area contributed by atoms with Crippen molar-refractivity contribution in [2.75, 3.05) is 19.7 Å². The first kappa shape index (κ1) is 20.3. The molecule has 4 nitrogen and oxygen atoms in total. The predicted octanol–water partition coefficient (Wildman–Crippen LogP) is 3.74. The van der Waals surface area contributed by atoms with E-state index in [4.69, 9.17) is 4.74 Å². The second-order valence-electron chi connectivity index (χ2n) is 8.83. The molecule has 1 N–H and O–H groups in total. The molecule has 1 spiro atoms. The SMILES string of the molecule is CCc1ccc(CCN2CC[C@]3(CC[C@@](O)(COC(C)C)CC3)C2=O)cc1. The van der Waals surface area contributed by atoms with E-state index in [-0.39, 0.29) is 11.5 Å². The molecule has 2 aliphatic rings. The molecular weight excluding hydrogens is 338 g/mol. The Morgan fingerprint density at radius 2 is 1.70 bits per heavy atom. The highest BCUT2D eigenvalue weighted by Gasteiger charge is 2.51. The summed E-state index contributed by atoms with van der Waals surface area (Å²) in [6.07, 6.45) is 5.92. The predicted molar refractivity (Wildman–Crippen MR) is 108 cm³/mol. The molecule has 0 atom stereocenters. The maximum absolute atomic E-state index is 13.1. The van der Waals surface area contributed by atoms with Crippen molar-refractivity contribution in [2.45, 2.75) is 77.4 Å². The summed E-state index contributed by atoms with van der Waals surface area (Å²) in [5, 5.41) is 10.8. The Labute approximate surface area is 163 Å². The zero-order valence-electron chi connectivity index (χ0n) is 17.2. The van der Waals surface area contributed by atoms with E-state index in [1.807, 2.05) is 18.7 Å². The van der Waals surface area contributed by atoms with E-state index in [0.717, 1.165) is 45.2 Å². The zero-order chi connectivity index (χ0) is 19.5. The molecule has 1 aliphatic carbocycles. The first-order valence-corrected chi connectivity index (χ1v) is 10.6. The highest BCUT2D eigenvalue weighted by Crippen LogP contribution is 2.47. The van der Waals surface area contributed by atoms with E-state index in [1.54, 1.807) is 0 Å². The fourth-order valence-corrected chi connectivity index (χ4v) is 4.44. The number of amides is 1. The van der Waals surface area contributed by atoms with Crippen molar-refractivity contribution in [2.24, 2.45) is 5.41 Å². The van der Waals surface area contributed by atoms with E-state index < -0.39 is 5.60 Å². The van der Waals surface area contributed by atoms with Crippen LogP contribution in [0.4, 0.5) is 0 Å². The molecule has 0 unspecified atom stereocenters. The standard InChI is InChI=1S/C23H35NO3/c1-4-19-5-7-20(8-6-19)9-15-24-16-14-22(21(24)25)10-12-23(26,13-11-22)17-27-18(2)3/h5-8,18,26H,4,9-17H2,1-3H3/t22-,23+. The molecule has 0 bridgehead atoms. The van der Waals surface area contributed by atoms with Gasteiger partial charge in [-0.3, -0.25) is 4.79 Å². The molecule has 0 radical (unpaired) electrons. The average Bonchev–Trinajstić information content (AvgIpc) is 2.98. The molecule has 1 aromatic carbocycles. The number of carbonyl (C=O) groups excluding carboxylic acids is 1. The first-order valence-electron chi connectivity index (χ1n) is 10.6. The summed E-state index contributed by atoms with van der Waals surface area (Å²) in [4.78, 5) is 15.1. The molecule has 1 heterocycles. The molecule has 2 fully saturated rings. The first-order chi connectivity index (χ1) is 12.9. The lowest BCUT2D eigenvalue weighted by Crippen LogP contribution is -2.46.